The number of likely N-dealkylation sites (tertiary alicyclic amines) is 1. The molecule has 2 unspecified atom stereocenters. The quantitative estimate of drug-likeness (QED) is 0.899. The second kappa shape index (κ2) is 7.34. The van der Waals surface area contributed by atoms with E-state index in [9.17, 15) is 9.59 Å². The molecule has 2 saturated heterocycles. The lowest BCUT2D eigenvalue weighted by molar-refractivity contribution is -0.136. The van der Waals surface area contributed by atoms with Crippen molar-refractivity contribution in [3.63, 3.8) is 0 Å². The molecule has 2 amide bonds. The molecule has 1 aromatic carbocycles. The Morgan fingerprint density at radius 3 is 2.75 bits per heavy atom. The van der Waals surface area contributed by atoms with Crippen molar-refractivity contribution in [2.75, 3.05) is 24.6 Å². The predicted octanol–water partition coefficient (Wildman–Crippen LogP) is 2.11. The Bertz CT molecular complexity index is 599. The molecule has 2 aliphatic rings. The third kappa shape index (κ3) is 3.46. The van der Waals surface area contributed by atoms with Gasteiger partial charge in [-0.25, -0.2) is 0 Å². The fraction of sp³-hybridized carbons (Fsp3) is 0.579. The second-order valence-electron chi connectivity index (χ2n) is 6.93. The van der Waals surface area contributed by atoms with Gasteiger partial charge in [0, 0.05) is 37.8 Å². The highest BCUT2D eigenvalue weighted by Gasteiger charge is 2.39. The number of aliphatic hydroxyl groups excluding tert-OH is 1. The maximum atomic E-state index is 12.9. The Morgan fingerprint density at radius 2 is 2.04 bits per heavy atom. The lowest BCUT2D eigenvalue weighted by atomic mass is 10.0. The number of aryl methyl sites for hydroxylation is 1. The molecule has 24 heavy (non-hydrogen) atoms. The first-order chi connectivity index (χ1) is 11.6. The summed E-state index contributed by atoms with van der Waals surface area (Å²) in [5.41, 5.74) is 2.03. The van der Waals surface area contributed by atoms with Crippen LogP contribution in [0.25, 0.3) is 0 Å². The van der Waals surface area contributed by atoms with E-state index in [0.717, 1.165) is 43.5 Å². The van der Waals surface area contributed by atoms with E-state index in [-0.39, 0.29) is 30.4 Å². The van der Waals surface area contributed by atoms with Crippen molar-refractivity contribution in [2.24, 2.45) is 5.92 Å². The van der Waals surface area contributed by atoms with E-state index in [0.29, 0.717) is 13.0 Å². The van der Waals surface area contributed by atoms with E-state index in [4.69, 9.17) is 5.11 Å². The van der Waals surface area contributed by atoms with Crippen molar-refractivity contribution in [1.82, 2.24) is 4.90 Å². The zero-order chi connectivity index (χ0) is 17.1. The third-order valence-corrected chi connectivity index (χ3v) is 5.18. The number of carbonyl (C=O) groups is 2. The number of hydrogen-bond donors (Lipinski definition) is 1. The average molecular weight is 330 g/mol. The summed E-state index contributed by atoms with van der Waals surface area (Å²) in [7, 11) is 0. The van der Waals surface area contributed by atoms with Crippen LogP contribution in [0.3, 0.4) is 0 Å². The van der Waals surface area contributed by atoms with Crippen LogP contribution in [0.15, 0.2) is 24.3 Å². The highest BCUT2D eigenvalue weighted by molar-refractivity contribution is 6.00. The van der Waals surface area contributed by atoms with Crippen LogP contribution in [0, 0.1) is 12.8 Å². The van der Waals surface area contributed by atoms with Gasteiger partial charge in [-0.2, -0.15) is 0 Å². The Kier molecular flexibility index (Phi) is 5.19. The van der Waals surface area contributed by atoms with Gasteiger partial charge in [0.2, 0.25) is 11.8 Å². The summed E-state index contributed by atoms with van der Waals surface area (Å²) in [5, 5.41) is 9.02. The Morgan fingerprint density at radius 1 is 1.29 bits per heavy atom. The van der Waals surface area contributed by atoms with Crippen LogP contribution in [0.2, 0.25) is 0 Å². The minimum atomic E-state index is -0.242. The average Bonchev–Trinajstić information content (AvgIpc) is 3.19. The summed E-state index contributed by atoms with van der Waals surface area (Å²) in [5.74, 6) is -0.102. The summed E-state index contributed by atoms with van der Waals surface area (Å²) in [4.78, 5) is 28.9. The van der Waals surface area contributed by atoms with E-state index < -0.39 is 0 Å². The van der Waals surface area contributed by atoms with Gasteiger partial charge in [-0.3, -0.25) is 9.59 Å². The molecule has 130 valence electrons. The maximum Gasteiger partial charge on any atom is 0.228 e. The second-order valence-corrected chi connectivity index (χ2v) is 6.93. The monoisotopic (exact) mass is 330 g/mol. The molecular formula is C19H26N2O3. The van der Waals surface area contributed by atoms with Gasteiger partial charge < -0.3 is 14.9 Å². The van der Waals surface area contributed by atoms with Gasteiger partial charge in [-0.05, 0) is 44.7 Å². The van der Waals surface area contributed by atoms with Gasteiger partial charge in [-0.1, -0.05) is 17.7 Å². The van der Waals surface area contributed by atoms with Crippen LogP contribution in [0.5, 0.6) is 0 Å². The zero-order valence-corrected chi connectivity index (χ0v) is 14.3. The van der Waals surface area contributed by atoms with Crippen LogP contribution in [-0.2, 0) is 9.59 Å². The number of benzene rings is 1. The molecule has 2 aliphatic heterocycles. The first-order valence-corrected chi connectivity index (χ1v) is 8.88. The highest BCUT2D eigenvalue weighted by atomic mass is 16.3. The zero-order valence-electron chi connectivity index (χ0n) is 14.3. The molecule has 5 nitrogen and oxygen atoms in total. The van der Waals surface area contributed by atoms with Gasteiger partial charge in [0.05, 0.1) is 5.92 Å². The van der Waals surface area contributed by atoms with Gasteiger partial charge in [0.25, 0.3) is 0 Å². The van der Waals surface area contributed by atoms with Crippen LogP contribution in [0.4, 0.5) is 5.69 Å². The lowest BCUT2D eigenvalue weighted by Crippen LogP contribution is -2.40. The van der Waals surface area contributed by atoms with E-state index in [1.807, 2.05) is 36.1 Å². The van der Waals surface area contributed by atoms with Crippen molar-refractivity contribution in [3.8, 4) is 0 Å². The molecule has 0 spiro atoms. The maximum absolute atomic E-state index is 12.9. The number of aliphatic hydroxyl groups is 1. The molecule has 5 heteroatoms. The van der Waals surface area contributed by atoms with Crippen molar-refractivity contribution in [2.45, 2.75) is 45.1 Å². The van der Waals surface area contributed by atoms with Crippen LogP contribution < -0.4 is 4.90 Å². The van der Waals surface area contributed by atoms with Gasteiger partial charge in [0.15, 0.2) is 0 Å². The van der Waals surface area contributed by atoms with Crippen molar-refractivity contribution in [3.05, 3.63) is 29.8 Å². The van der Waals surface area contributed by atoms with E-state index >= 15 is 0 Å². The van der Waals surface area contributed by atoms with Gasteiger partial charge in [-0.15, -0.1) is 0 Å². The molecule has 0 bridgehead atoms. The topological polar surface area (TPSA) is 60.9 Å². The lowest BCUT2D eigenvalue weighted by Gasteiger charge is -2.27. The number of nitrogens with zero attached hydrogens (tertiary/aromatic N) is 2. The molecule has 0 radical (unpaired) electrons. The van der Waals surface area contributed by atoms with Gasteiger partial charge >= 0.3 is 0 Å². The Hall–Kier alpha value is -1.88. The Balaban J connectivity index is 1.66. The molecule has 2 fully saturated rings. The van der Waals surface area contributed by atoms with Crippen LogP contribution in [-0.4, -0.2) is 47.6 Å². The minimum absolute atomic E-state index is 0.0308. The molecular weight excluding hydrogens is 304 g/mol. The summed E-state index contributed by atoms with van der Waals surface area (Å²) < 4.78 is 0. The number of carbonyl (C=O) groups excluding carboxylic acids is 2. The normalized spacial score (nSPS) is 24.0. The highest BCUT2D eigenvalue weighted by Crippen LogP contribution is 2.30. The summed E-state index contributed by atoms with van der Waals surface area (Å²) in [6.07, 6.45) is 3.91. The fourth-order valence-electron chi connectivity index (χ4n) is 3.83. The number of hydrogen-bond acceptors (Lipinski definition) is 3. The minimum Gasteiger partial charge on any atom is -0.396 e. The molecule has 1 aromatic rings. The van der Waals surface area contributed by atoms with Crippen molar-refractivity contribution in [1.29, 1.82) is 0 Å². The molecule has 0 aromatic heterocycles. The smallest absolute Gasteiger partial charge is 0.228 e. The Labute approximate surface area is 143 Å². The fourth-order valence-corrected chi connectivity index (χ4v) is 3.83. The number of rotatable bonds is 5. The van der Waals surface area contributed by atoms with Crippen LogP contribution in [0.1, 0.15) is 37.7 Å². The van der Waals surface area contributed by atoms with Crippen LogP contribution >= 0.6 is 0 Å². The molecule has 3 rings (SSSR count). The molecule has 0 aliphatic carbocycles. The number of amides is 2. The molecule has 0 saturated carbocycles. The van der Waals surface area contributed by atoms with Gasteiger partial charge in [0.1, 0.15) is 0 Å². The molecule has 2 atom stereocenters. The predicted molar refractivity (Wildman–Crippen MR) is 92.7 cm³/mol. The van der Waals surface area contributed by atoms with E-state index in [1.54, 1.807) is 4.90 Å². The standard InChI is InChI=1S/C19H26N2O3/c1-14-6-8-17(9-7-14)21-13-15(12-18(21)23)19(24)20-10-2-4-16(20)5-3-11-22/h6-9,15-16,22H,2-5,10-13H2,1H3. The third-order valence-electron chi connectivity index (χ3n) is 5.18. The SMILES string of the molecule is Cc1ccc(N2CC(C(=O)N3CCCC3CCCO)CC2=O)cc1. The number of anilines is 1. The first kappa shape index (κ1) is 17.0. The van der Waals surface area contributed by atoms with E-state index in [1.165, 1.54) is 0 Å². The summed E-state index contributed by atoms with van der Waals surface area (Å²) >= 11 is 0. The summed E-state index contributed by atoms with van der Waals surface area (Å²) in [6, 6.07) is 8.10. The largest absolute Gasteiger partial charge is 0.396 e. The first-order valence-electron chi connectivity index (χ1n) is 8.88. The van der Waals surface area contributed by atoms with E-state index in [2.05, 4.69) is 0 Å². The van der Waals surface area contributed by atoms with Crippen molar-refractivity contribution >= 4 is 17.5 Å². The molecule has 1 N–H and O–H groups in total. The van der Waals surface area contributed by atoms with Crippen molar-refractivity contribution < 1.29 is 14.7 Å². The summed E-state index contributed by atoms with van der Waals surface area (Å²) in [6.45, 7) is 3.44. The molecule has 2 heterocycles.